The van der Waals surface area contributed by atoms with Crippen LogP contribution in [0.25, 0.3) is 0 Å². The second kappa shape index (κ2) is 7.63. The standard InChI is InChI=1S/C21H25NO2/c1-16-7-9-17(10-8-16)15-20(23)22-13-11-19(12-14-22)21(24)18-5-3-2-4-6-18/h2-10,19,21,24H,11-15H2,1H3. The summed E-state index contributed by atoms with van der Waals surface area (Å²) in [5, 5.41) is 10.5. The van der Waals surface area contributed by atoms with Crippen molar-refractivity contribution in [2.75, 3.05) is 13.1 Å². The summed E-state index contributed by atoms with van der Waals surface area (Å²) >= 11 is 0. The minimum Gasteiger partial charge on any atom is -0.388 e. The molecule has 0 spiro atoms. The molecule has 1 aliphatic rings. The number of carbonyl (C=O) groups excluding carboxylic acids is 1. The lowest BCUT2D eigenvalue weighted by molar-refractivity contribution is -0.132. The van der Waals surface area contributed by atoms with Crippen molar-refractivity contribution in [3.63, 3.8) is 0 Å². The number of hydrogen-bond acceptors (Lipinski definition) is 2. The SMILES string of the molecule is Cc1ccc(CC(=O)N2CCC(C(O)c3ccccc3)CC2)cc1. The quantitative estimate of drug-likeness (QED) is 0.935. The summed E-state index contributed by atoms with van der Waals surface area (Å²) in [7, 11) is 0. The van der Waals surface area contributed by atoms with Crippen molar-refractivity contribution in [3.8, 4) is 0 Å². The molecule has 1 unspecified atom stereocenters. The highest BCUT2D eigenvalue weighted by Crippen LogP contribution is 2.30. The monoisotopic (exact) mass is 323 g/mol. The summed E-state index contributed by atoms with van der Waals surface area (Å²) in [4.78, 5) is 14.4. The normalized spacial score (nSPS) is 16.8. The summed E-state index contributed by atoms with van der Waals surface area (Å²) in [5.74, 6) is 0.419. The molecular formula is C21H25NO2. The first-order valence-electron chi connectivity index (χ1n) is 8.70. The first-order valence-corrected chi connectivity index (χ1v) is 8.70. The van der Waals surface area contributed by atoms with E-state index in [0.29, 0.717) is 6.42 Å². The molecule has 0 aliphatic carbocycles. The van der Waals surface area contributed by atoms with Crippen LogP contribution >= 0.6 is 0 Å². The van der Waals surface area contributed by atoms with Crippen LogP contribution in [0.2, 0.25) is 0 Å². The molecule has 1 N–H and O–H groups in total. The van der Waals surface area contributed by atoms with E-state index >= 15 is 0 Å². The molecule has 0 bridgehead atoms. The Hall–Kier alpha value is -2.13. The van der Waals surface area contributed by atoms with Gasteiger partial charge in [0.1, 0.15) is 0 Å². The minimum atomic E-state index is -0.430. The number of nitrogens with zero attached hydrogens (tertiary/aromatic N) is 1. The average Bonchev–Trinajstić information content (AvgIpc) is 2.64. The molecule has 3 heteroatoms. The Labute approximate surface area is 143 Å². The van der Waals surface area contributed by atoms with Crippen LogP contribution in [-0.2, 0) is 11.2 Å². The van der Waals surface area contributed by atoms with Crippen LogP contribution in [0, 0.1) is 12.8 Å². The Bertz CT molecular complexity index is 658. The second-order valence-electron chi connectivity index (χ2n) is 6.74. The van der Waals surface area contributed by atoms with Crippen LogP contribution in [0.5, 0.6) is 0 Å². The molecule has 0 saturated carbocycles. The molecule has 1 amide bonds. The molecule has 1 fully saturated rings. The lowest BCUT2D eigenvalue weighted by Crippen LogP contribution is -2.40. The maximum absolute atomic E-state index is 12.5. The average molecular weight is 323 g/mol. The number of aliphatic hydroxyl groups is 1. The molecule has 3 rings (SSSR count). The first-order chi connectivity index (χ1) is 11.6. The number of amides is 1. The molecule has 1 heterocycles. The van der Waals surface area contributed by atoms with Crippen molar-refractivity contribution in [1.29, 1.82) is 0 Å². The topological polar surface area (TPSA) is 40.5 Å². The lowest BCUT2D eigenvalue weighted by Gasteiger charge is -2.34. The van der Waals surface area contributed by atoms with Gasteiger partial charge in [-0.2, -0.15) is 0 Å². The van der Waals surface area contributed by atoms with Gasteiger partial charge in [0.2, 0.25) is 5.91 Å². The molecule has 2 aromatic rings. The molecule has 3 nitrogen and oxygen atoms in total. The predicted molar refractivity (Wildman–Crippen MR) is 95.6 cm³/mol. The minimum absolute atomic E-state index is 0.187. The summed E-state index contributed by atoms with van der Waals surface area (Å²) < 4.78 is 0. The summed E-state index contributed by atoms with van der Waals surface area (Å²) in [5.41, 5.74) is 3.25. The third-order valence-corrected chi connectivity index (χ3v) is 4.96. The molecule has 1 aliphatic heterocycles. The Balaban J connectivity index is 1.53. The summed E-state index contributed by atoms with van der Waals surface area (Å²) in [6, 6.07) is 18.0. The van der Waals surface area contributed by atoms with E-state index in [9.17, 15) is 9.90 Å². The molecule has 1 saturated heterocycles. The fourth-order valence-electron chi connectivity index (χ4n) is 3.38. The van der Waals surface area contributed by atoms with E-state index in [4.69, 9.17) is 0 Å². The zero-order valence-electron chi connectivity index (χ0n) is 14.2. The third-order valence-electron chi connectivity index (χ3n) is 4.96. The number of likely N-dealkylation sites (tertiary alicyclic amines) is 1. The van der Waals surface area contributed by atoms with Gasteiger partial charge in [0.05, 0.1) is 12.5 Å². The van der Waals surface area contributed by atoms with Crippen LogP contribution in [-0.4, -0.2) is 29.0 Å². The number of piperidine rings is 1. The van der Waals surface area contributed by atoms with Crippen molar-refractivity contribution >= 4 is 5.91 Å². The van der Waals surface area contributed by atoms with E-state index in [-0.39, 0.29) is 11.8 Å². The molecular weight excluding hydrogens is 298 g/mol. The molecule has 126 valence electrons. The van der Waals surface area contributed by atoms with Crippen molar-refractivity contribution in [2.45, 2.75) is 32.3 Å². The zero-order valence-corrected chi connectivity index (χ0v) is 14.2. The van der Waals surface area contributed by atoms with Crippen LogP contribution < -0.4 is 0 Å². The highest BCUT2D eigenvalue weighted by molar-refractivity contribution is 5.78. The second-order valence-corrected chi connectivity index (χ2v) is 6.74. The number of aryl methyl sites for hydroxylation is 1. The first kappa shape index (κ1) is 16.7. The van der Waals surface area contributed by atoms with Gasteiger partial charge in [-0.05, 0) is 36.8 Å². The van der Waals surface area contributed by atoms with Crippen LogP contribution in [0.1, 0.15) is 35.6 Å². The van der Waals surface area contributed by atoms with Crippen LogP contribution in [0.4, 0.5) is 0 Å². The molecule has 0 aromatic heterocycles. The van der Waals surface area contributed by atoms with Crippen molar-refractivity contribution in [1.82, 2.24) is 4.90 Å². The van der Waals surface area contributed by atoms with E-state index in [1.54, 1.807) is 0 Å². The predicted octanol–water partition coefficient (Wildman–Crippen LogP) is 3.51. The van der Waals surface area contributed by atoms with E-state index in [1.807, 2.05) is 59.5 Å². The van der Waals surface area contributed by atoms with Crippen molar-refractivity contribution in [2.24, 2.45) is 5.92 Å². The van der Waals surface area contributed by atoms with Gasteiger partial charge in [-0.3, -0.25) is 4.79 Å². The van der Waals surface area contributed by atoms with Gasteiger partial charge in [-0.25, -0.2) is 0 Å². The third kappa shape index (κ3) is 4.04. The zero-order chi connectivity index (χ0) is 16.9. The van der Waals surface area contributed by atoms with E-state index in [2.05, 4.69) is 6.92 Å². The fraction of sp³-hybridized carbons (Fsp3) is 0.381. The molecule has 24 heavy (non-hydrogen) atoms. The van der Waals surface area contributed by atoms with Gasteiger partial charge >= 0.3 is 0 Å². The number of aliphatic hydroxyl groups excluding tert-OH is 1. The summed E-state index contributed by atoms with van der Waals surface area (Å²) in [6.45, 7) is 3.52. The smallest absolute Gasteiger partial charge is 0.226 e. The van der Waals surface area contributed by atoms with Gasteiger partial charge in [-0.15, -0.1) is 0 Å². The highest BCUT2D eigenvalue weighted by atomic mass is 16.3. The number of carbonyl (C=O) groups is 1. The maximum atomic E-state index is 12.5. The summed E-state index contributed by atoms with van der Waals surface area (Å²) in [6.07, 6.45) is 1.75. The molecule has 0 radical (unpaired) electrons. The van der Waals surface area contributed by atoms with Gasteiger partial charge in [0.15, 0.2) is 0 Å². The number of rotatable bonds is 4. The van der Waals surface area contributed by atoms with E-state index in [1.165, 1.54) is 5.56 Å². The number of benzene rings is 2. The molecule has 1 atom stereocenters. The number of hydrogen-bond donors (Lipinski definition) is 1. The largest absolute Gasteiger partial charge is 0.388 e. The van der Waals surface area contributed by atoms with Crippen molar-refractivity contribution < 1.29 is 9.90 Å². The van der Waals surface area contributed by atoms with Gasteiger partial charge in [0.25, 0.3) is 0 Å². The van der Waals surface area contributed by atoms with E-state index in [0.717, 1.165) is 37.1 Å². The van der Waals surface area contributed by atoms with Gasteiger partial charge < -0.3 is 10.0 Å². The van der Waals surface area contributed by atoms with Gasteiger partial charge in [-0.1, -0.05) is 60.2 Å². The maximum Gasteiger partial charge on any atom is 0.226 e. The molecule has 2 aromatic carbocycles. The fourth-order valence-corrected chi connectivity index (χ4v) is 3.38. The van der Waals surface area contributed by atoms with Crippen LogP contribution in [0.15, 0.2) is 54.6 Å². The van der Waals surface area contributed by atoms with Crippen molar-refractivity contribution in [3.05, 3.63) is 71.3 Å². The van der Waals surface area contributed by atoms with Crippen LogP contribution in [0.3, 0.4) is 0 Å². The Morgan fingerprint density at radius 1 is 1.08 bits per heavy atom. The van der Waals surface area contributed by atoms with Gasteiger partial charge in [0, 0.05) is 13.1 Å². The lowest BCUT2D eigenvalue weighted by atomic mass is 9.87. The highest BCUT2D eigenvalue weighted by Gasteiger charge is 2.28. The Kier molecular flexibility index (Phi) is 5.31. The van der Waals surface area contributed by atoms with E-state index < -0.39 is 6.10 Å². The Morgan fingerprint density at radius 3 is 2.33 bits per heavy atom. The Morgan fingerprint density at radius 2 is 1.71 bits per heavy atom.